The summed E-state index contributed by atoms with van der Waals surface area (Å²) in [5.74, 6) is 1.30. The summed E-state index contributed by atoms with van der Waals surface area (Å²) in [6.07, 6.45) is 3.07. The summed E-state index contributed by atoms with van der Waals surface area (Å²) in [7, 11) is -3.39. The Labute approximate surface area is 160 Å². The van der Waals surface area contributed by atoms with Crippen molar-refractivity contribution in [3.8, 4) is 0 Å². The predicted molar refractivity (Wildman–Crippen MR) is 97.6 cm³/mol. The van der Waals surface area contributed by atoms with Crippen molar-refractivity contribution in [3.63, 3.8) is 0 Å². The molecule has 0 unspecified atom stereocenters. The topological polar surface area (TPSA) is 106 Å². The van der Waals surface area contributed by atoms with Crippen molar-refractivity contribution >= 4 is 15.9 Å². The summed E-state index contributed by atoms with van der Waals surface area (Å²) >= 11 is 0. The lowest BCUT2D eigenvalue weighted by molar-refractivity contribution is -0.144. The summed E-state index contributed by atoms with van der Waals surface area (Å²) < 4.78 is 36.4. The number of rotatable bonds is 7. The highest BCUT2D eigenvalue weighted by Gasteiger charge is 2.40. The standard InChI is InChI=1S/C17H28N4O5S/c1-12(2)16-18-15(19-26-16)4-7-21(27(3,23)24)14-10-20(11-14)17(22)13-5-8-25-9-6-13/h12-14H,4-11H2,1-3H3. The number of amides is 1. The number of ether oxygens (including phenoxy) is 1. The number of nitrogens with zero attached hydrogens (tertiary/aromatic N) is 4. The van der Waals surface area contributed by atoms with Gasteiger partial charge in [-0.15, -0.1) is 0 Å². The first-order valence-electron chi connectivity index (χ1n) is 9.41. The van der Waals surface area contributed by atoms with E-state index in [2.05, 4.69) is 10.1 Å². The lowest BCUT2D eigenvalue weighted by atomic mass is 9.96. The largest absolute Gasteiger partial charge is 0.381 e. The number of carbonyl (C=O) groups is 1. The van der Waals surface area contributed by atoms with Crippen LogP contribution in [0.4, 0.5) is 0 Å². The minimum Gasteiger partial charge on any atom is -0.381 e. The van der Waals surface area contributed by atoms with Crippen molar-refractivity contribution in [2.24, 2.45) is 5.92 Å². The molecule has 0 radical (unpaired) electrons. The van der Waals surface area contributed by atoms with E-state index in [0.717, 1.165) is 12.8 Å². The van der Waals surface area contributed by atoms with Crippen LogP contribution < -0.4 is 0 Å². The van der Waals surface area contributed by atoms with Gasteiger partial charge in [-0.2, -0.15) is 9.29 Å². The smallest absolute Gasteiger partial charge is 0.229 e. The highest BCUT2D eigenvalue weighted by molar-refractivity contribution is 7.88. The molecule has 3 rings (SSSR count). The van der Waals surface area contributed by atoms with Gasteiger partial charge in [0.2, 0.25) is 21.8 Å². The Morgan fingerprint density at radius 2 is 1.96 bits per heavy atom. The molecule has 0 atom stereocenters. The van der Waals surface area contributed by atoms with Crippen LogP contribution >= 0.6 is 0 Å². The molecular weight excluding hydrogens is 372 g/mol. The van der Waals surface area contributed by atoms with Gasteiger partial charge in [0.05, 0.1) is 12.3 Å². The number of carbonyl (C=O) groups excluding carboxylic acids is 1. The fourth-order valence-corrected chi connectivity index (χ4v) is 4.55. The Morgan fingerprint density at radius 3 is 2.52 bits per heavy atom. The van der Waals surface area contributed by atoms with Gasteiger partial charge in [0.25, 0.3) is 0 Å². The first-order valence-corrected chi connectivity index (χ1v) is 11.3. The number of sulfonamides is 1. The third-order valence-corrected chi connectivity index (χ3v) is 6.44. The number of aromatic nitrogens is 2. The minimum atomic E-state index is -3.39. The van der Waals surface area contributed by atoms with E-state index in [4.69, 9.17) is 9.26 Å². The van der Waals surface area contributed by atoms with Gasteiger partial charge in [-0.1, -0.05) is 19.0 Å². The SMILES string of the molecule is CC(C)c1nc(CCN(C2CN(C(=O)C3CCOCC3)C2)S(C)(=O)=O)no1. The second-order valence-electron chi connectivity index (χ2n) is 7.61. The number of likely N-dealkylation sites (tertiary alicyclic amines) is 1. The van der Waals surface area contributed by atoms with Gasteiger partial charge in [-0.05, 0) is 12.8 Å². The minimum absolute atomic E-state index is 0.000156. The highest BCUT2D eigenvalue weighted by atomic mass is 32.2. The van der Waals surface area contributed by atoms with Crippen molar-refractivity contribution in [2.45, 2.75) is 45.1 Å². The molecule has 3 heterocycles. The number of hydrogen-bond donors (Lipinski definition) is 0. The second kappa shape index (κ2) is 8.24. The lowest BCUT2D eigenvalue weighted by Gasteiger charge is -2.45. The third-order valence-electron chi connectivity index (χ3n) is 5.11. The molecule has 1 aromatic heterocycles. The maximum atomic E-state index is 12.5. The van der Waals surface area contributed by atoms with E-state index in [1.165, 1.54) is 10.6 Å². The molecule has 1 amide bonds. The molecule has 2 aliphatic rings. The summed E-state index contributed by atoms with van der Waals surface area (Å²) in [6, 6.07) is -0.194. The van der Waals surface area contributed by atoms with Gasteiger partial charge in [-0.3, -0.25) is 4.79 Å². The van der Waals surface area contributed by atoms with E-state index >= 15 is 0 Å². The first-order chi connectivity index (χ1) is 12.8. The number of hydrogen-bond acceptors (Lipinski definition) is 7. The molecule has 2 aliphatic heterocycles. The molecule has 2 saturated heterocycles. The fraction of sp³-hybridized carbons (Fsp3) is 0.824. The van der Waals surface area contributed by atoms with Gasteiger partial charge in [0.1, 0.15) is 0 Å². The van der Waals surface area contributed by atoms with Crippen molar-refractivity contribution in [3.05, 3.63) is 11.7 Å². The predicted octanol–water partition coefficient (Wildman–Crippen LogP) is 0.635. The van der Waals surface area contributed by atoms with Crippen LogP contribution in [-0.2, 0) is 26.0 Å². The van der Waals surface area contributed by atoms with Crippen molar-refractivity contribution < 1.29 is 22.5 Å². The fourth-order valence-electron chi connectivity index (χ4n) is 3.45. The van der Waals surface area contributed by atoms with Crippen LogP contribution in [-0.4, -0.2) is 78.8 Å². The summed E-state index contributed by atoms with van der Waals surface area (Å²) in [4.78, 5) is 18.6. The zero-order chi connectivity index (χ0) is 19.6. The van der Waals surface area contributed by atoms with Crippen LogP contribution in [0, 0.1) is 5.92 Å². The zero-order valence-corrected chi connectivity index (χ0v) is 16.9. The maximum absolute atomic E-state index is 12.5. The van der Waals surface area contributed by atoms with Gasteiger partial charge >= 0.3 is 0 Å². The molecule has 1 aromatic rings. The molecule has 0 aromatic carbocycles. The summed E-state index contributed by atoms with van der Waals surface area (Å²) in [5.41, 5.74) is 0. The van der Waals surface area contributed by atoms with Crippen LogP contribution in [0.1, 0.15) is 44.3 Å². The average molecular weight is 401 g/mol. The molecule has 0 aliphatic carbocycles. The lowest BCUT2D eigenvalue weighted by Crippen LogP contribution is -2.63. The average Bonchev–Trinajstić information content (AvgIpc) is 3.05. The molecule has 27 heavy (non-hydrogen) atoms. The van der Waals surface area contributed by atoms with Crippen molar-refractivity contribution in [2.75, 3.05) is 39.1 Å². The van der Waals surface area contributed by atoms with E-state index in [1.54, 1.807) is 4.90 Å². The molecule has 0 N–H and O–H groups in total. The summed E-state index contributed by atoms with van der Waals surface area (Å²) in [5, 5.41) is 3.92. The van der Waals surface area contributed by atoms with Crippen molar-refractivity contribution in [1.29, 1.82) is 0 Å². The van der Waals surface area contributed by atoms with E-state index in [9.17, 15) is 13.2 Å². The van der Waals surface area contributed by atoms with Crippen LogP contribution in [0.2, 0.25) is 0 Å². The molecule has 10 heteroatoms. The van der Waals surface area contributed by atoms with E-state index < -0.39 is 10.0 Å². The molecule has 152 valence electrons. The first kappa shape index (κ1) is 20.2. The van der Waals surface area contributed by atoms with Gasteiger partial charge in [0, 0.05) is 51.1 Å². The van der Waals surface area contributed by atoms with E-state index in [1.807, 2.05) is 13.8 Å². The monoisotopic (exact) mass is 400 g/mol. The Morgan fingerprint density at radius 1 is 1.30 bits per heavy atom. The van der Waals surface area contributed by atoms with Crippen LogP contribution in [0.25, 0.3) is 0 Å². The van der Waals surface area contributed by atoms with Gasteiger partial charge in [0.15, 0.2) is 5.82 Å². The Bertz CT molecular complexity index is 751. The molecule has 0 saturated carbocycles. The van der Waals surface area contributed by atoms with Gasteiger partial charge < -0.3 is 14.2 Å². The Balaban J connectivity index is 1.55. The Kier molecular flexibility index (Phi) is 6.17. The molecule has 0 bridgehead atoms. The van der Waals surface area contributed by atoms with E-state index in [0.29, 0.717) is 44.4 Å². The van der Waals surface area contributed by atoms with Crippen LogP contribution in [0.5, 0.6) is 0 Å². The zero-order valence-electron chi connectivity index (χ0n) is 16.1. The molecule has 9 nitrogen and oxygen atoms in total. The highest BCUT2D eigenvalue weighted by Crippen LogP contribution is 2.24. The Hall–Kier alpha value is -1.52. The molecule has 0 spiro atoms. The molecular formula is C17H28N4O5S. The van der Waals surface area contributed by atoms with E-state index in [-0.39, 0.29) is 30.3 Å². The summed E-state index contributed by atoms with van der Waals surface area (Å²) in [6.45, 7) is 6.30. The van der Waals surface area contributed by atoms with Crippen LogP contribution in [0.3, 0.4) is 0 Å². The van der Waals surface area contributed by atoms with Gasteiger partial charge in [-0.25, -0.2) is 8.42 Å². The second-order valence-corrected chi connectivity index (χ2v) is 9.55. The van der Waals surface area contributed by atoms with Crippen LogP contribution in [0.15, 0.2) is 4.52 Å². The molecule has 2 fully saturated rings. The third kappa shape index (κ3) is 4.85. The normalized spacial score (nSPS) is 19.7. The quantitative estimate of drug-likeness (QED) is 0.661. The maximum Gasteiger partial charge on any atom is 0.229 e. The van der Waals surface area contributed by atoms with Crippen molar-refractivity contribution in [1.82, 2.24) is 19.3 Å².